The van der Waals surface area contributed by atoms with Gasteiger partial charge in [-0.2, -0.15) is 0 Å². The van der Waals surface area contributed by atoms with Crippen LogP contribution in [0.4, 0.5) is 6.01 Å². The van der Waals surface area contributed by atoms with Crippen LogP contribution in [0.25, 0.3) is 0 Å². The molecule has 3 rings (SSSR count). The Morgan fingerprint density at radius 3 is 2.64 bits per heavy atom. The Bertz CT molecular complexity index is 837. The number of hydrogen-bond acceptors (Lipinski definition) is 6. The van der Waals surface area contributed by atoms with Gasteiger partial charge < -0.3 is 4.42 Å². The molecule has 128 valence electrons. The summed E-state index contributed by atoms with van der Waals surface area (Å²) in [6, 6.07) is 17.7. The molecule has 25 heavy (non-hydrogen) atoms. The number of amides is 1. The molecule has 1 heterocycles. The number of thioether (sulfide) groups is 2. The van der Waals surface area contributed by atoms with Crippen molar-refractivity contribution in [2.75, 3.05) is 17.3 Å². The average Bonchev–Trinajstić information content (AvgIpc) is 3.09. The molecule has 0 fully saturated rings. The van der Waals surface area contributed by atoms with Crippen LogP contribution in [0, 0.1) is 0 Å². The Kier molecular flexibility index (Phi) is 6.14. The van der Waals surface area contributed by atoms with Crippen LogP contribution in [-0.4, -0.2) is 28.1 Å². The van der Waals surface area contributed by atoms with Gasteiger partial charge in [0.2, 0.25) is 5.89 Å². The van der Waals surface area contributed by atoms with E-state index in [0.717, 1.165) is 10.6 Å². The number of rotatable bonds is 7. The largest absolute Gasteiger partial charge is 0.408 e. The number of carbonyl (C=O) groups is 1. The van der Waals surface area contributed by atoms with Crippen molar-refractivity contribution in [3.05, 3.63) is 66.1 Å². The molecule has 7 heteroatoms. The lowest BCUT2D eigenvalue weighted by Crippen LogP contribution is -2.13. The molecule has 0 saturated carbocycles. The molecule has 0 saturated heterocycles. The third-order valence-electron chi connectivity index (χ3n) is 3.37. The number of nitrogens with zero attached hydrogens (tertiary/aromatic N) is 2. The molecule has 3 aromatic rings. The molecule has 0 aliphatic carbocycles. The summed E-state index contributed by atoms with van der Waals surface area (Å²) >= 11 is 3.24. The molecule has 0 radical (unpaired) electrons. The maximum atomic E-state index is 12.3. The van der Waals surface area contributed by atoms with Gasteiger partial charge in [0, 0.05) is 22.0 Å². The van der Waals surface area contributed by atoms with Gasteiger partial charge in [-0.25, -0.2) is 0 Å². The van der Waals surface area contributed by atoms with Crippen LogP contribution in [0.15, 0.2) is 68.8 Å². The lowest BCUT2D eigenvalue weighted by molar-refractivity contribution is 0.102. The SMILES string of the molecule is CSc1ccccc1C(=O)Nc1nnc(CCSc2ccccc2)o1. The highest BCUT2D eigenvalue weighted by molar-refractivity contribution is 7.99. The van der Waals surface area contributed by atoms with E-state index < -0.39 is 0 Å². The number of carbonyl (C=O) groups excluding carboxylic acids is 1. The fraction of sp³-hybridized carbons (Fsp3) is 0.167. The molecule has 1 aromatic heterocycles. The number of benzene rings is 2. The van der Waals surface area contributed by atoms with Crippen LogP contribution in [0.5, 0.6) is 0 Å². The predicted molar refractivity (Wildman–Crippen MR) is 101 cm³/mol. The van der Waals surface area contributed by atoms with Crippen molar-refractivity contribution in [3.63, 3.8) is 0 Å². The highest BCUT2D eigenvalue weighted by atomic mass is 32.2. The van der Waals surface area contributed by atoms with Crippen LogP contribution in [0.3, 0.4) is 0 Å². The Morgan fingerprint density at radius 2 is 1.84 bits per heavy atom. The molecule has 0 aliphatic rings. The van der Waals surface area contributed by atoms with Gasteiger partial charge in [-0.05, 0) is 30.5 Å². The fourth-order valence-electron chi connectivity index (χ4n) is 2.17. The van der Waals surface area contributed by atoms with E-state index in [1.165, 1.54) is 16.7 Å². The quantitative estimate of drug-likeness (QED) is 0.622. The second-order valence-electron chi connectivity index (χ2n) is 5.07. The zero-order valence-electron chi connectivity index (χ0n) is 13.6. The van der Waals surface area contributed by atoms with E-state index >= 15 is 0 Å². The second kappa shape index (κ2) is 8.73. The van der Waals surface area contributed by atoms with Crippen molar-refractivity contribution >= 4 is 35.4 Å². The van der Waals surface area contributed by atoms with Crippen LogP contribution in [0.1, 0.15) is 16.2 Å². The smallest absolute Gasteiger partial charge is 0.322 e. The van der Waals surface area contributed by atoms with Gasteiger partial charge in [-0.1, -0.05) is 35.4 Å². The number of hydrogen-bond donors (Lipinski definition) is 1. The second-order valence-corrected chi connectivity index (χ2v) is 7.08. The Morgan fingerprint density at radius 1 is 1.08 bits per heavy atom. The Hall–Kier alpha value is -2.25. The van der Waals surface area contributed by atoms with E-state index in [-0.39, 0.29) is 11.9 Å². The normalized spacial score (nSPS) is 10.6. The van der Waals surface area contributed by atoms with Gasteiger partial charge >= 0.3 is 6.01 Å². The topological polar surface area (TPSA) is 68.0 Å². The van der Waals surface area contributed by atoms with Crippen molar-refractivity contribution in [3.8, 4) is 0 Å². The first-order chi connectivity index (χ1) is 12.3. The molecule has 1 amide bonds. The third-order valence-corrected chi connectivity index (χ3v) is 5.18. The first-order valence-electron chi connectivity index (χ1n) is 7.71. The summed E-state index contributed by atoms with van der Waals surface area (Å²) in [6.45, 7) is 0. The minimum Gasteiger partial charge on any atom is -0.408 e. The molecule has 0 unspecified atom stereocenters. The van der Waals surface area contributed by atoms with Crippen molar-refractivity contribution in [1.29, 1.82) is 0 Å². The van der Waals surface area contributed by atoms with Crippen molar-refractivity contribution in [2.24, 2.45) is 0 Å². The molecule has 0 spiro atoms. The highest BCUT2D eigenvalue weighted by Gasteiger charge is 2.14. The first-order valence-corrected chi connectivity index (χ1v) is 9.92. The standard InChI is InChI=1S/C18H17N3O2S2/c1-24-15-10-6-5-9-14(15)17(22)19-18-21-20-16(23-18)11-12-25-13-7-3-2-4-8-13/h2-10H,11-12H2,1H3,(H,19,21,22). The third kappa shape index (κ3) is 4.87. The van der Waals surface area contributed by atoms with Crippen molar-refractivity contribution < 1.29 is 9.21 Å². The van der Waals surface area contributed by atoms with E-state index in [1.54, 1.807) is 17.8 Å². The predicted octanol–water partition coefficient (Wildman–Crippen LogP) is 4.38. The average molecular weight is 371 g/mol. The Balaban J connectivity index is 1.55. The molecule has 5 nitrogen and oxygen atoms in total. The molecule has 2 aromatic carbocycles. The summed E-state index contributed by atoms with van der Waals surface area (Å²) in [6.07, 6.45) is 2.57. The number of nitrogens with one attached hydrogen (secondary N) is 1. The summed E-state index contributed by atoms with van der Waals surface area (Å²) in [7, 11) is 0. The summed E-state index contributed by atoms with van der Waals surface area (Å²) < 4.78 is 5.51. The monoisotopic (exact) mass is 371 g/mol. The van der Waals surface area contributed by atoms with E-state index in [1.807, 2.05) is 42.7 Å². The molecular formula is C18H17N3O2S2. The lowest BCUT2D eigenvalue weighted by atomic mass is 10.2. The molecule has 0 atom stereocenters. The van der Waals surface area contributed by atoms with Crippen molar-refractivity contribution in [1.82, 2.24) is 10.2 Å². The van der Waals surface area contributed by atoms with Crippen molar-refractivity contribution in [2.45, 2.75) is 16.2 Å². The van der Waals surface area contributed by atoms with Gasteiger partial charge in [-0.15, -0.1) is 28.6 Å². The maximum Gasteiger partial charge on any atom is 0.322 e. The van der Waals surface area contributed by atoms with Gasteiger partial charge in [0.05, 0.1) is 5.56 Å². The zero-order chi connectivity index (χ0) is 17.5. The van der Waals surface area contributed by atoms with Gasteiger partial charge in [0.1, 0.15) is 0 Å². The van der Waals surface area contributed by atoms with Crippen LogP contribution >= 0.6 is 23.5 Å². The van der Waals surface area contributed by atoms with Crippen LogP contribution in [-0.2, 0) is 6.42 Å². The summed E-state index contributed by atoms with van der Waals surface area (Å²) in [5.74, 6) is 1.09. The minimum atomic E-state index is -0.251. The van der Waals surface area contributed by atoms with E-state index in [4.69, 9.17) is 4.42 Å². The van der Waals surface area contributed by atoms with E-state index in [9.17, 15) is 4.79 Å². The molecule has 0 bridgehead atoms. The highest BCUT2D eigenvalue weighted by Crippen LogP contribution is 2.21. The number of aryl methyl sites for hydroxylation is 1. The van der Waals surface area contributed by atoms with Gasteiger partial charge in [0.15, 0.2) is 0 Å². The Labute approximate surface area is 154 Å². The fourth-order valence-corrected chi connectivity index (χ4v) is 3.63. The minimum absolute atomic E-state index is 0.126. The van der Waals surface area contributed by atoms with Crippen LogP contribution in [0.2, 0.25) is 0 Å². The van der Waals surface area contributed by atoms with Gasteiger partial charge in [0.25, 0.3) is 5.91 Å². The summed E-state index contributed by atoms with van der Waals surface area (Å²) in [5, 5.41) is 10.5. The molecular weight excluding hydrogens is 354 g/mol. The van der Waals surface area contributed by atoms with E-state index in [2.05, 4.69) is 27.6 Å². The molecule has 1 N–H and O–H groups in total. The molecule has 0 aliphatic heterocycles. The lowest BCUT2D eigenvalue weighted by Gasteiger charge is -2.05. The number of anilines is 1. The first kappa shape index (κ1) is 17.6. The maximum absolute atomic E-state index is 12.3. The van der Waals surface area contributed by atoms with Gasteiger partial charge in [-0.3, -0.25) is 10.1 Å². The summed E-state index contributed by atoms with van der Waals surface area (Å²) in [5.41, 5.74) is 0.592. The number of aromatic nitrogens is 2. The summed E-state index contributed by atoms with van der Waals surface area (Å²) in [4.78, 5) is 14.4. The van der Waals surface area contributed by atoms with Crippen LogP contribution < -0.4 is 5.32 Å². The zero-order valence-corrected chi connectivity index (χ0v) is 15.3. The van der Waals surface area contributed by atoms with E-state index in [0.29, 0.717) is 17.9 Å².